The van der Waals surface area contributed by atoms with E-state index >= 15 is 0 Å². The number of rotatable bonds is 0. The number of nitrogens with zero attached hydrogens (tertiary/aromatic N) is 2. The van der Waals surface area contributed by atoms with Crippen LogP contribution in [0.5, 0.6) is 0 Å². The molecule has 0 fully saturated rings. The third kappa shape index (κ3) is 1.20. The predicted molar refractivity (Wildman–Crippen MR) is 44.3 cm³/mol. The van der Waals surface area contributed by atoms with E-state index in [1.54, 1.807) is 0 Å². The molecule has 0 spiro atoms. The zero-order valence-corrected chi connectivity index (χ0v) is 7.14. The molecule has 0 unspecified atom stereocenters. The lowest BCUT2D eigenvalue weighted by molar-refractivity contribution is 0.0971. The van der Waals surface area contributed by atoms with Crippen LogP contribution >= 0.6 is 11.6 Å². The summed E-state index contributed by atoms with van der Waals surface area (Å²) in [4.78, 5) is 19.0. The van der Waals surface area contributed by atoms with E-state index < -0.39 is 0 Å². The Morgan fingerprint density at radius 2 is 2.25 bits per heavy atom. The Morgan fingerprint density at radius 3 is 3.08 bits per heavy atom. The van der Waals surface area contributed by atoms with Gasteiger partial charge in [0.15, 0.2) is 5.78 Å². The predicted octanol–water partition coefficient (Wildman–Crippen LogP) is 1.65. The first kappa shape index (κ1) is 7.68. The largest absolute Gasteiger partial charge is 0.294 e. The standard InChI is InChI=1S/C8H7ClN2O/c9-8-10-4-5-6(11-8)2-1-3-7(5)12/h4H,1-3H2. The van der Waals surface area contributed by atoms with Gasteiger partial charge in [0.2, 0.25) is 5.28 Å². The Morgan fingerprint density at radius 1 is 1.42 bits per heavy atom. The maximum absolute atomic E-state index is 11.3. The van der Waals surface area contributed by atoms with Gasteiger partial charge in [0.1, 0.15) is 0 Å². The van der Waals surface area contributed by atoms with Crippen molar-refractivity contribution < 1.29 is 4.79 Å². The SMILES string of the molecule is O=C1CCCc2nc(Cl)ncc21. The molecule has 1 aliphatic carbocycles. The van der Waals surface area contributed by atoms with Crippen LogP contribution < -0.4 is 0 Å². The Bertz CT molecular complexity index is 338. The summed E-state index contributed by atoms with van der Waals surface area (Å²) in [5, 5.41) is 0.225. The number of aromatic nitrogens is 2. The van der Waals surface area contributed by atoms with Crippen LogP contribution in [0, 0.1) is 0 Å². The second-order valence-electron chi connectivity index (χ2n) is 2.78. The first-order chi connectivity index (χ1) is 5.77. The van der Waals surface area contributed by atoms with E-state index in [-0.39, 0.29) is 11.1 Å². The number of carbonyl (C=O) groups is 1. The zero-order chi connectivity index (χ0) is 8.55. The van der Waals surface area contributed by atoms with Crippen LogP contribution in [0.2, 0.25) is 5.28 Å². The fourth-order valence-electron chi connectivity index (χ4n) is 1.37. The van der Waals surface area contributed by atoms with Crippen LogP contribution in [0.4, 0.5) is 0 Å². The van der Waals surface area contributed by atoms with E-state index in [2.05, 4.69) is 9.97 Å². The molecule has 0 aliphatic heterocycles. The highest BCUT2D eigenvalue weighted by atomic mass is 35.5. The van der Waals surface area contributed by atoms with Gasteiger partial charge in [-0.1, -0.05) is 0 Å². The van der Waals surface area contributed by atoms with Crippen LogP contribution in [-0.4, -0.2) is 15.8 Å². The molecule has 0 N–H and O–H groups in total. The minimum atomic E-state index is 0.132. The monoisotopic (exact) mass is 182 g/mol. The highest BCUT2D eigenvalue weighted by molar-refractivity contribution is 6.28. The lowest BCUT2D eigenvalue weighted by Gasteiger charge is -2.11. The van der Waals surface area contributed by atoms with E-state index in [0.717, 1.165) is 18.5 Å². The number of aryl methyl sites for hydroxylation is 1. The van der Waals surface area contributed by atoms with Crippen molar-refractivity contribution in [2.24, 2.45) is 0 Å². The molecule has 1 aromatic rings. The molecule has 0 bridgehead atoms. The van der Waals surface area contributed by atoms with Crippen LogP contribution in [0.1, 0.15) is 28.9 Å². The quantitative estimate of drug-likeness (QED) is 0.573. The van der Waals surface area contributed by atoms with Crippen molar-refractivity contribution in [1.82, 2.24) is 9.97 Å². The summed E-state index contributed by atoms with van der Waals surface area (Å²) in [6, 6.07) is 0. The van der Waals surface area contributed by atoms with Crippen LogP contribution in [0.25, 0.3) is 0 Å². The maximum atomic E-state index is 11.3. The summed E-state index contributed by atoms with van der Waals surface area (Å²) in [7, 11) is 0. The minimum absolute atomic E-state index is 0.132. The number of hydrogen-bond donors (Lipinski definition) is 0. The topological polar surface area (TPSA) is 42.9 Å². The number of hydrogen-bond acceptors (Lipinski definition) is 3. The van der Waals surface area contributed by atoms with E-state index in [4.69, 9.17) is 11.6 Å². The molecule has 0 radical (unpaired) electrons. The molecule has 0 aromatic carbocycles. The van der Waals surface area contributed by atoms with E-state index in [1.807, 2.05) is 0 Å². The van der Waals surface area contributed by atoms with Crippen LogP contribution in [0.15, 0.2) is 6.20 Å². The van der Waals surface area contributed by atoms with Gasteiger partial charge in [-0.25, -0.2) is 9.97 Å². The Balaban J connectivity index is 2.53. The zero-order valence-electron chi connectivity index (χ0n) is 6.38. The van der Waals surface area contributed by atoms with Gasteiger partial charge in [0.05, 0.1) is 11.3 Å². The Kier molecular flexibility index (Phi) is 1.81. The number of halogens is 1. The molecule has 0 saturated carbocycles. The van der Waals surface area contributed by atoms with Crippen molar-refractivity contribution in [2.45, 2.75) is 19.3 Å². The molecular weight excluding hydrogens is 176 g/mol. The van der Waals surface area contributed by atoms with Crippen molar-refractivity contribution in [2.75, 3.05) is 0 Å². The summed E-state index contributed by atoms with van der Waals surface area (Å²) in [5.41, 5.74) is 1.44. The number of Topliss-reactive ketones (excluding diaryl/α,β-unsaturated/α-hetero) is 1. The van der Waals surface area contributed by atoms with Gasteiger partial charge < -0.3 is 0 Å². The molecule has 0 saturated heterocycles. The highest BCUT2D eigenvalue weighted by Crippen LogP contribution is 2.19. The Hall–Kier alpha value is -0.960. The van der Waals surface area contributed by atoms with E-state index in [9.17, 15) is 4.79 Å². The van der Waals surface area contributed by atoms with Gasteiger partial charge in [0, 0.05) is 12.6 Å². The average Bonchev–Trinajstić information content (AvgIpc) is 2.04. The van der Waals surface area contributed by atoms with Crippen molar-refractivity contribution in [3.8, 4) is 0 Å². The maximum Gasteiger partial charge on any atom is 0.222 e. The molecule has 12 heavy (non-hydrogen) atoms. The molecule has 3 nitrogen and oxygen atoms in total. The van der Waals surface area contributed by atoms with Gasteiger partial charge in [-0.2, -0.15) is 0 Å². The molecule has 1 aliphatic rings. The smallest absolute Gasteiger partial charge is 0.222 e. The van der Waals surface area contributed by atoms with Crippen LogP contribution in [-0.2, 0) is 6.42 Å². The first-order valence-electron chi connectivity index (χ1n) is 3.82. The van der Waals surface area contributed by atoms with Crippen molar-refractivity contribution in [1.29, 1.82) is 0 Å². The van der Waals surface area contributed by atoms with Crippen molar-refractivity contribution >= 4 is 17.4 Å². The second-order valence-corrected chi connectivity index (χ2v) is 3.11. The molecule has 2 rings (SSSR count). The molecule has 0 amide bonds. The highest BCUT2D eigenvalue weighted by Gasteiger charge is 2.18. The van der Waals surface area contributed by atoms with Crippen molar-refractivity contribution in [3.05, 3.63) is 22.7 Å². The summed E-state index contributed by atoms with van der Waals surface area (Å²) in [6.07, 6.45) is 3.84. The number of carbonyl (C=O) groups excluding carboxylic acids is 1. The van der Waals surface area contributed by atoms with Gasteiger partial charge >= 0.3 is 0 Å². The van der Waals surface area contributed by atoms with E-state index in [1.165, 1.54) is 6.20 Å². The van der Waals surface area contributed by atoms with Crippen LogP contribution in [0.3, 0.4) is 0 Å². The summed E-state index contributed by atoms with van der Waals surface area (Å²) in [6.45, 7) is 0. The molecule has 62 valence electrons. The summed E-state index contributed by atoms with van der Waals surface area (Å²) < 4.78 is 0. The lowest BCUT2D eigenvalue weighted by Crippen LogP contribution is -2.13. The molecule has 0 atom stereocenters. The first-order valence-corrected chi connectivity index (χ1v) is 4.20. The number of fused-ring (bicyclic) bond motifs is 1. The van der Waals surface area contributed by atoms with Gasteiger partial charge in [0.25, 0.3) is 0 Å². The van der Waals surface area contributed by atoms with Crippen molar-refractivity contribution in [3.63, 3.8) is 0 Å². The normalized spacial score (nSPS) is 15.9. The fraction of sp³-hybridized carbons (Fsp3) is 0.375. The second kappa shape index (κ2) is 2.83. The summed E-state index contributed by atoms with van der Waals surface area (Å²) >= 11 is 5.59. The molecular formula is C8H7ClN2O. The minimum Gasteiger partial charge on any atom is -0.294 e. The van der Waals surface area contributed by atoms with Gasteiger partial charge in [-0.05, 0) is 24.4 Å². The number of ketones is 1. The molecule has 1 heterocycles. The molecule has 1 aromatic heterocycles. The Labute approximate surface area is 74.8 Å². The van der Waals surface area contributed by atoms with E-state index in [0.29, 0.717) is 12.0 Å². The summed E-state index contributed by atoms with van der Waals surface area (Å²) in [5.74, 6) is 0.132. The van der Waals surface area contributed by atoms with Gasteiger partial charge in [-0.3, -0.25) is 4.79 Å². The lowest BCUT2D eigenvalue weighted by atomic mass is 9.96. The average molecular weight is 183 g/mol. The fourth-order valence-corrected chi connectivity index (χ4v) is 1.52. The third-order valence-corrected chi connectivity index (χ3v) is 2.14. The van der Waals surface area contributed by atoms with Gasteiger partial charge in [-0.15, -0.1) is 0 Å². The third-order valence-electron chi connectivity index (χ3n) is 1.96. The molecule has 4 heteroatoms.